The number of carbonyl (C=O) groups is 2. The molecule has 3 rings (SSSR count). The van der Waals surface area contributed by atoms with Crippen LogP contribution in [0, 0.1) is 13.8 Å². The summed E-state index contributed by atoms with van der Waals surface area (Å²) in [7, 11) is 1.39. The minimum atomic E-state index is -4.61. The van der Waals surface area contributed by atoms with Crippen LogP contribution in [0.1, 0.15) is 16.7 Å². The molecular formula is C21H21F3N6O2S. The lowest BCUT2D eigenvalue weighted by Gasteiger charge is -2.18. The Balaban J connectivity index is 1.60. The zero-order chi connectivity index (χ0) is 24.2. The quantitative estimate of drug-likeness (QED) is 0.523. The molecule has 12 heteroatoms. The summed E-state index contributed by atoms with van der Waals surface area (Å²) in [5.41, 5.74) is 1.44. The van der Waals surface area contributed by atoms with Crippen molar-refractivity contribution < 1.29 is 22.8 Å². The molecule has 0 saturated heterocycles. The largest absolute Gasteiger partial charge is 0.418 e. The first-order valence-corrected chi connectivity index (χ1v) is 10.7. The van der Waals surface area contributed by atoms with Crippen LogP contribution in [0.4, 0.5) is 18.9 Å². The molecule has 0 fully saturated rings. The van der Waals surface area contributed by atoms with E-state index in [2.05, 4.69) is 20.8 Å². The number of aromatic nitrogens is 4. The molecule has 3 aromatic rings. The molecule has 0 radical (unpaired) electrons. The maximum atomic E-state index is 13.1. The molecule has 1 N–H and O–H groups in total. The number of carbonyl (C=O) groups excluding carboxylic acids is 2. The average molecular weight is 479 g/mol. The maximum absolute atomic E-state index is 13.1. The Morgan fingerprint density at radius 1 is 1.15 bits per heavy atom. The molecule has 0 aliphatic heterocycles. The van der Waals surface area contributed by atoms with Gasteiger partial charge >= 0.3 is 6.18 Å². The highest BCUT2D eigenvalue weighted by molar-refractivity contribution is 7.99. The van der Waals surface area contributed by atoms with Crippen molar-refractivity contribution in [1.82, 2.24) is 25.1 Å². The second kappa shape index (κ2) is 10.0. The smallest absolute Gasteiger partial charge is 0.336 e. The van der Waals surface area contributed by atoms with Crippen molar-refractivity contribution in [2.24, 2.45) is 0 Å². The summed E-state index contributed by atoms with van der Waals surface area (Å²) >= 11 is 1.09. The second-order valence-electron chi connectivity index (χ2n) is 7.29. The second-order valence-corrected chi connectivity index (χ2v) is 8.24. The number of amides is 2. The van der Waals surface area contributed by atoms with Gasteiger partial charge in [0.1, 0.15) is 0 Å². The SMILES string of the molecule is Cc1ccc(C)c(-n2nnnc2SCC(=O)N(C)CC(=O)Nc2ccccc2C(F)(F)F)c1. The number of nitrogens with one attached hydrogen (secondary N) is 1. The number of para-hydroxylation sites is 1. The molecule has 0 saturated carbocycles. The molecule has 0 bridgehead atoms. The summed E-state index contributed by atoms with van der Waals surface area (Å²) in [4.78, 5) is 25.9. The molecule has 1 heterocycles. The zero-order valence-corrected chi connectivity index (χ0v) is 18.9. The van der Waals surface area contributed by atoms with E-state index in [9.17, 15) is 22.8 Å². The summed E-state index contributed by atoms with van der Waals surface area (Å²) in [6, 6.07) is 10.5. The van der Waals surface area contributed by atoms with Crippen LogP contribution < -0.4 is 5.32 Å². The van der Waals surface area contributed by atoms with Gasteiger partial charge in [0.15, 0.2) is 0 Å². The Kier molecular flexibility index (Phi) is 7.36. The number of rotatable bonds is 7. The molecule has 2 aromatic carbocycles. The molecule has 2 amide bonds. The standard InChI is InChI=1S/C21H21F3N6O2S/c1-13-8-9-14(2)17(10-13)30-20(26-27-28-30)33-12-19(32)29(3)11-18(31)25-16-7-5-4-6-15(16)21(22,23)24/h4-10H,11-12H2,1-3H3,(H,25,31). The third-order valence-electron chi connectivity index (χ3n) is 4.67. The van der Waals surface area contributed by atoms with E-state index in [1.54, 1.807) is 0 Å². The van der Waals surface area contributed by atoms with Gasteiger partial charge in [-0.2, -0.15) is 17.9 Å². The number of benzene rings is 2. The number of tetrazole rings is 1. The average Bonchev–Trinajstić information content (AvgIpc) is 3.21. The van der Waals surface area contributed by atoms with Gasteiger partial charge in [0.05, 0.1) is 29.2 Å². The molecule has 0 spiro atoms. The van der Waals surface area contributed by atoms with Crippen LogP contribution in [0.3, 0.4) is 0 Å². The van der Waals surface area contributed by atoms with Crippen molar-refractivity contribution in [2.75, 3.05) is 24.7 Å². The van der Waals surface area contributed by atoms with Crippen molar-refractivity contribution in [3.8, 4) is 5.69 Å². The van der Waals surface area contributed by atoms with Crippen molar-refractivity contribution in [3.05, 3.63) is 59.2 Å². The number of halogens is 3. The molecular weight excluding hydrogens is 457 g/mol. The van der Waals surface area contributed by atoms with Gasteiger partial charge in [0.25, 0.3) is 0 Å². The molecule has 0 unspecified atom stereocenters. The molecule has 0 aliphatic carbocycles. The maximum Gasteiger partial charge on any atom is 0.418 e. The highest BCUT2D eigenvalue weighted by atomic mass is 32.2. The number of aryl methyl sites for hydroxylation is 2. The van der Waals surface area contributed by atoms with Gasteiger partial charge in [-0.05, 0) is 53.6 Å². The first kappa shape index (κ1) is 24.2. The Hall–Kier alpha value is -3.41. The summed E-state index contributed by atoms with van der Waals surface area (Å²) in [6.07, 6.45) is -4.61. The van der Waals surface area contributed by atoms with E-state index in [0.29, 0.717) is 5.16 Å². The van der Waals surface area contributed by atoms with E-state index in [4.69, 9.17) is 0 Å². The highest BCUT2D eigenvalue weighted by Crippen LogP contribution is 2.34. The van der Waals surface area contributed by atoms with Crippen molar-refractivity contribution in [1.29, 1.82) is 0 Å². The van der Waals surface area contributed by atoms with Gasteiger partial charge in [-0.1, -0.05) is 36.0 Å². The summed E-state index contributed by atoms with van der Waals surface area (Å²) < 4.78 is 40.8. The third kappa shape index (κ3) is 6.09. The fourth-order valence-electron chi connectivity index (χ4n) is 2.94. The first-order chi connectivity index (χ1) is 15.6. The number of anilines is 1. The van der Waals surface area contributed by atoms with E-state index < -0.39 is 30.1 Å². The number of likely N-dealkylation sites (N-methyl/N-ethyl adjacent to an activating group) is 1. The predicted octanol–water partition coefficient (Wildman–Crippen LogP) is 3.49. The van der Waals surface area contributed by atoms with Crippen LogP contribution in [0.15, 0.2) is 47.6 Å². The summed E-state index contributed by atoms with van der Waals surface area (Å²) in [5, 5.41) is 14.2. The van der Waals surface area contributed by atoms with Crippen LogP contribution in [-0.4, -0.2) is 56.3 Å². The van der Waals surface area contributed by atoms with Crippen LogP contribution in [-0.2, 0) is 15.8 Å². The number of hydrogen-bond acceptors (Lipinski definition) is 6. The number of alkyl halides is 3. The van der Waals surface area contributed by atoms with Crippen molar-refractivity contribution >= 4 is 29.3 Å². The Labute approximate surface area is 192 Å². The van der Waals surface area contributed by atoms with Crippen LogP contribution >= 0.6 is 11.8 Å². The van der Waals surface area contributed by atoms with Gasteiger partial charge in [0, 0.05) is 7.05 Å². The predicted molar refractivity (Wildman–Crippen MR) is 117 cm³/mol. The fraction of sp³-hybridized carbons (Fsp3) is 0.286. The number of nitrogens with zero attached hydrogens (tertiary/aromatic N) is 5. The van der Waals surface area contributed by atoms with Gasteiger partial charge < -0.3 is 10.2 Å². The Morgan fingerprint density at radius 3 is 2.61 bits per heavy atom. The van der Waals surface area contributed by atoms with Crippen molar-refractivity contribution in [3.63, 3.8) is 0 Å². The van der Waals surface area contributed by atoms with Crippen LogP contribution in [0.2, 0.25) is 0 Å². The molecule has 0 atom stereocenters. The van der Waals surface area contributed by atoms with E-state index in [0.717, 1.165) is 45.6 Å². The third-order valence-corrected chi connectivity index (χ3v) is 5.58. The van der Waals surface area contributed by atoms with Crippen LogP contribution in [0.25, 0.3) is 5.69 Å². The van der Waals surface area contributed by atoms with E-state index in [1.165, 1.54) is 23.9 Å². The highest BCUT2D eigenvalue weighted by Gasteiger charge is 2.33. The monoisotopic (exact) mass is 478 g/mol. The number of hydrogen-bond donors (Lipinski definition) is 1. The van der Waals surface area contributed by atoms with E-state index in [1.807, 2.05) is 32.0 Å². The van der Waals surface area contributed by atoms with E-state index in [-0.39, 0.29) is 11.4 Å². The van der Waals surface area contributed by atoms with Gasteiger partial charge in [-0.15, -0.1) is 5.10 Å². The molecule has 1 aromatic heterocycles. The van der Waals surface area contributed by atoms with Gasteiger partial charge in [0.2, 0.25) is 17.0 Å². The van der Waals surface area contributed by atoms with E-state index >= 15 is 0 Å². The molecule has 33 heavy (non-hydrogen) atoms. The Morgan fingerprint density at radius 2 is 1.88 bits per heavy atom. The molecule has 174 valence electrons. The lowest BCUT2D eigenvalue weighted by Crippen LogP contribution is -2.36. The molecule has 8 nitrogen and oxygen atoms in total. The zero-order valence-electron chi connectivity index (χ0n) is 18.1. The molecule has 0 aliphatic rings. The summed E-state index contributed by atoms with van der Waals surface area (Å²) in [5.74, 6) is -1.21. The van der Waals surface area contributed by atoms with Gasteiger partial charge in [-0.3, -0.25) is 9.59 Å². The lowest BCUT2D eigenvalue weighted by atomic mass is 10.1. The fourth-order valence-corrected chi connectivity index (χ4v) is 3.76. The van der Waals surface area contributed by atoms with Crippen LogP contribution in [0.5, 0.6) is 0 Å². The first-order valence-electron chi connectivity index (χ1n) is 9.75. The normalized spacial score (nSPS) is 11.3. The lowest BCUT2D eigenvalue weighted by molar-refractivity contribution is -0.137. The topological polar surface area (TPSA) is 93.0 Å². The minimum absolute atomic E-state index is 0.0614. The summed E-state index contributed by atoms with van der Waals surface area (Å²) in [6.45, 7) is 3.45. The van der Waals surface area contributed by atoms with Crippen molar-refractivity contribution in [2.45, 2.75) is 25.2 Å². The van der Waals surface area contributed by atoms with Gasteiger partial charge in [-0.25, -0.2) is 0 Å². The Bertz CT molecular complexity index is 1160. The number of thioether (sulfide) groups is 1. The minimum Gasteiger partial charge on any atom is -0.336 e.